The quantitative estimate of drug-likeness (QED) is 0.450. The van der Waals surface area contributed by atoms with Crippen molar-refractivity contribution >= 4 is 6.08 Å². The largest absolute Gasteiger partial charge is 0.504 e. The van der Waals surface area contributed by atoms with Gasteiger partial charge in [-0.05, 0) is 12.1 Å². The van der Waals surface area contributed by atoms with Gasteiger partial charge in [0.25, 0.3) is 0 Å². The van der Waals surface area contributed by atoms with Gasteiger partial charge in [-0.15, -0.1) is 0 Å². The minimum absolute atomic E-state index is 0.155. The molecule has 0 unspecified atom stereocenters. The Bertz CT molecular complexity index is 387. The van der Waals surface area contributed by atoms with E-state index in [4.69, 9.17) is 14.9 Å². The lowest BCUT2D eigenvalue weighted by molar-refractivity contribution is 0.397. The van der Waals surface area contributed by atoms with E-state index in [0.29, 0.717) is 11.3 Å². The molecule has 1 aliphatic heterocycles. The Balaban J connectivity index is 2.64. The summed E-state index contributed by atoms with van der Waals surface area (Å²) in [4.78, 5) is 0. The van der Waals surface area contributed by atoms with Crippen LogP contribution in [0.2, 0.25) is 0 Å². The van der Waals surface area contributed by atoms with Gasteiger partial charge < -0.3 is 14.9 Å². The molecule has 1 aliphatic rings. The van der Waals surface area contributed by atoms with E-state index in [-0.39, 0.29) is 11.5 Å². The molecule has 0 fully saturated rings. The first-order valence-corrected chi connectivity index (χ1v) is 3.41. The second-order valence-electron chi connectivity index (χ2n) is 2.43. The smallest absolute Gasteiger partial charge is 0.161 e. The van der Waals surface area contributed by atoms with Gasteiger partial charge in [0.05, 0.1) is 0 Å². The number of benzene rings is 1. The summed E-state index contributed by atoms with van der Waals surface area (Å²) in [5, 5.41) is 18.2. The van der Waals surface area contributed by atoms with Crippen LogP contribution in [0.1, 0.15) is 5.56 Å². The fourth-order valence-corrected chi connectivity index (χ4v) is 1.01. The molecule has 2 rings (SSSR count). The number of phenols is 2. The lowest BCUT2D eigenvalue weighted by atomic mass is 10.1. The van der Waals surface area contributed by atoms with Crippen LogP contribution in [-0.4, -0.2) is 10.2 Å². The van der Waals surface area contributed by atoms with Gasteiger partial charge in [-0.3, -0.25) is 0 Å². The Morgan fingerprint density at radius 3 is 2.75 bits per heavy atom. The van der Waals surface area contributed by atoms with Crippen LogP contribution in [0.25, 0.3) is 6.08 Å². The number of hydrogen-bond acceptors (Lipinski definition) is 3. The highest BCUT2D eigenvalue weighted by Crippen LogP contribution is 2.34. The maximum atomic E-state index is 9.11. The summed E-state index contributed by atoms with van der Waals surface area (Å²) in [5.74, 6) is 0.179. The summed E-state index contributed by atoms with van der Waals surface area (Å²) in [6.45, 7) is 0. The fourth-order valence-electron chi connectivity index (χ4n) is 1.01. The summed E-state index contributed by atoms with van der Waals surface area (Å²) in [6, 6.07) is 2.78. The minimum atomic E-state index is -0.183. The maximum Gasteiger partial charge on any atom is 0.161 e. The van der Waals surface area contributed by atoms with Crippen LogP contribution in [0.3, 0.4) is 0 Å². The third-order valence-corrected chi connectivity index (χ3v) is 1.60. The van der Waals surface area contributed by atoms with Crippen LogP contribution in [0.4, 0.5) is 0 Å². The van der Waals surface area contributed by atoms with Gasteiger partial charge in [0.2, 0.25) is 0 Å². The molecular weight excluding hydrogens is 156 g/mol. The summed E-state index contributed by atoms with van der Waals surface area (Å²) >= 11 is 0. The lowest BCUT2D eigenvalue weighted by Crippen LogP contribution is -1.88. The molecule has 1 heterocycles. The zero-order valence-corrected chi connectivity index (χ0v) is 6.11. The molecule has 3 nitrogen and oxygen atoms in total. The Morgan fingerprint density at radius 1 is 1.17 bits per heavy atom. The molecule has 0 amide bonds. The lowest BCUT2D eigenvalue weighted by Gasteiger charge is -2.08. The van der Waals surface area contributed by atoms with Gasteiger partial charge in [0, 0.05) is 11.6 Å². The van der Waals surface area contributed by atoms with Crippen molar-refractivity contribution in [2.45, 2.75) is 0 Å². The van der Waals surface area contributed by atoms with E-state index in [1.807, 2.05) is 0 Å². The van der Waals surface area contributed by atoms with Crippen molar-refractivity contribution in [1.29, 1.82) is 0 Å². The highest BCUT2D eigenvalue weighted by atomic mass is 16.5. The normalized spacial score (nSPS) is 12.3. The standard InChI is InChI=1S/C9H6O3/c10-7-4-6-2-1-3-12-9(6)5-8(7)11/h2-5,10-11H. The molecule has 0 saturated carbocycles. The zero-order chi connectivity index (χ0) is 8.55. The predicted octanol–water partition coefficient (Wildman–Crippen LogP) is 1.62. The highest BCUT2D eigenvalue weighted by Gasteiger charge is 2.08. The number of ether oxygens (including phenoxy) is 1. The maximum absolute atomic E-state index is 9.11. The molecule has 0 aliphatic carbocycles. The Kier molecular flexibility index (Phi) is 1.32. The number of rotatable bonds is 0. The van der Waals surface area contributed by atoms with Gasteiger partial charge in [-0.1, -0.05) is 5.73 Å². The van der Waals surface area contributed by atoms with Crippen LogP contribution >= 0.6 is 0 Å². The number of aromatic hydroxyl groups is 2. The summed E-state index contributed by atoms with van der Waals surface area (Å²) in [7, 11) is 0. The van der Waals surface area contributed by atoms with Gasteiger partial charge >= 0.3 is 0 Å². The van der Waals surface area contributed by atoms with Crippen molar-refractivity contribution < 1.29 is 14.9 Å². The first kappa shape index (κ1) is 6.83. The first-order chi connectivity index (χ1) is 5.77. The van der Waals surface area contributed by atoms with Gasteiger partial charge in [-0.25, -0.2) is 0 Å². The van der Waals surface area contributed by atoms with Crippen molar-refractivity contribution in [1.82, 2.24) is 0 Å². The molecule has 1 aromatic rings. The van der Waals surface area contributed by atoms with Crippen LogP contribution < -0.4 is 4.74 Å². The molecule has 1 aromatic carbocycles. The van der Waals surface area contributed by atoms with Crippen molar-refractivity contribution in [3.8, 4) is 17.2 Å². The molecule has 0 spiro atoms. The average molecular weight is 162 g/mol. The van der Waals surface area contributed by atoms with E-state index in [9.17, 15) is 0 Å². The zero-order valence-electron chi connectivity index (χ0n) is 6.11. The van der Waals surface area contributed by atoms with Crippen LogP contribution in [0.15, 0.2) is 24.1 Å². The average Bonchev–Trinajstić information content (AvgIpc) is 2.07. The molecule has 60 valence electrons. The van der Waals surface area contributed by atoms with Crippen molar-refractivity contribution in [2.75, 3.05) is 0 Å². The van der Waals surface area contributed by atoms with Crippen LogP contribution in [-0.2, 0) is 0 Å². The Hall–Kier alpha value is -1.86. The summed E-state index contributed by atoms with van der Waals surface area (Å²) < 4.78 is 5.02. The van der Waals surface area contributed by atoms with E-state index in [1.165, 1.54) is 18.4 Å². The minimum Gasteiger partial charge on any atom is -0.504 e. The topological polar surface area (TPSA) is 49.7 Å². The third-order valence-electron chi connectivity index (χ3n) is 1.60. The molecular formula is C9H6O3. The van der Waals surface area contributed by atoms with E-state index in [0.717, 1.165) is 0 Å². The van der Waals surface area contributed by atoms with Crippen molar-refractivity contribution in [2.24, 2.45) is 0 Å². The third kappa shape index (κ3) is 0.929. The van der Waals surface area contributed by atoms with E-state index >= 15 is 0 Å². The van der Waals surface area contributed by atoms with E-state index in [2.05, 4.69) is 5.73 Å². The van der Waals surface area contributed by atoms with Crippen LogP contribution in [0, 0.1) is 0 Å². The molecule has 0 aromatic heterocycles. The van der Waals surface area contributed by atoms with Crippen LogP contribution in [0.5, 0.6) is 17.2 Å². The predicted molar refractivity (Wildman–Crippen MR) is 42.9 cm³/mol. The van der Waals surface area contributed by atoms with Gasteiger partial charge in [0.1, 0.15) is 12.0 Å². The molecule has 0 radical (unpaired) electrons. The van der Waals surface area contributed by atoms with E-state index < -0.39 is 0 Å². The highest BCUT2D eigenvalue weighted by molar-refractivity contribution is 5.63. The molecule has 0 bridgehead atoms. The molecule has 0 saturated heterocycles. The SMILES string of the molecule is Oc1cc2c(cc1O)OC=C=C2. The fraction of sp³-hybridized carbons (Fsp3) is 0. The summed E-state index contributed by atoms with van der Waals surface area (Å²) in [5.41, 5.74) is 3.42. The molecule has 0 atom stereocenters. The number of phenolic OH excluding ortho intramolecular Hbond substituents is 2. The van der Waals surface area contributed by atoms with E-state index in [1.54, 1.807) is 6.08 Å². The Labute approximate surface area is 68.8 Å². The monoisotopic (exact) mass is 162 g/mol. The second kappa shape index (κ2) is 2.32. The van der Waals surface area contributed by atoms with Gasteiger partial charge in [0.15, 0.2) is 11.5 Å². The number of fused-ring (bicyclic) bond motifs is 1. The van der Waals surface area contributed by atoms with Gasteiger partial charge in [-0.2, -0.15) is 0 Å². The number of hydrogen-bond donors (Lipinski definition) is 2. The van der Waals surface area contributed by atoms with Crippen molar-refractivity contribution in [3.63, 3.8) is 0 Å². The Morgan fingerprint density at radius 2 is 1.92 bits per heavy atom. The van der Waals surface area contributed by atoms with Crippen molar-refractivity contribution in [3.05, 3.63) is 29.7 Å². The molecule has 12 heavy (non-hydrogen) atoms. The molecule has 2 N–H and O–H groups in total. The molecule has 3 heteroatoms. The second-order valence-corrected chi connectivity index (χ2v) is 2.43. The first-order valence-electron chi connectivity index (χ1n) is 3.41. The summed E-state index contributed by atoms with van der Waals surface area (Å²) in [6.07, 6.45) is 3.05.